The van der Waals surface area contributed by atoms with Gasteiger partial charge in [0.15, 0.2) is 18.1 Å². The molecule has 0 aliphatic carbocycles. The van der Waals surface area contributed by atoms with E-state index in [4.69, 9.17) is 15.2 Å². The number of nitrogens with two attached hydrogens (primary N) is 1. The number of aromatic nitrogens is 2. The third-order valence-corrected chi connectivity index (χ3v) is 5.60. The van der Waals surface area contributed by atoms with Gasteiger partial charge in [-0.3, -0.25) is 9.59 Å². The molecule has 1 atom stereocenters. The van der Waals surface area contributed by atoms with Gasteiger partial charge in [-0.15, -0.1) is 11.3 Å². The lowest BCUT2D eigenvalue weighted by Crippen LogP contribution is -2.25. The largest absolute Gasteiger partial charge is 0.493 e. The van der Waals surface area contributed by atoms with Crippen LogP contribution in [0.1, 0.15) is 28.3 Å². The molecule has 0 fully saturated rings. The van der Waals surface area contributed by atoms with Crippen LogP contribution >= 0.6 is 11.3 Å². The molecular formula is C20H20N4O4S. The van der Waals surface area contributed by atoms with Gasteiger partial charge in [-0.1, -0.05) is 12.1 Å². The number of amides is 2. The Morgan fingerprint density at radius 1 is 1.38 bits per heavy atom. The van der Waals surface area contributed by atoms with Crippen LogP contribution < -0.4 is 20.5 Å². The first-order valence-electron chi connectivity index (χ1n) is 9.02. The number of nitrogens with one attached hydrogen (secondary N) is 1. The Balaban J connectivity index is 1.68. The Hall–Kier alpha value is -3.33. The van der Waals surface area contributed by atoms with E-state index in [1.54, 1.807) is 34.3 Å². The molecule has 1 aliphatic rings. The summed E-state index contributed by atoms with van der Waals surface area (Å²) in [7, 11) is 1.52. The molecule has 0 saturated heterocycles. The van der Waals surface area contributed by atoms with Gasteiger partial charge in [0, 0.05) is 22.8 Å². The van der Waals surface area contributed by atoms with Crippen molar-refractivity contribution in [2.75, 3.05) is 19.0 Å². The van der Waals surface area contributed by atoms with E-state index < -0.39 is 5.91 Å². The maximum Gasteiger partial charge on any atom is 0.255 e. The lowest BCUT2D eigenvalue weighted by molar-refractivity contribution is -0.120. The lowest BCUT2D eigenvalue weighted by atomic mass is 9.87. The summed E-state index contributed by atoms with van der Waals surface area (Å²) in [6, 6.07) is 9.45. The zero-order valence-corrected chi connectivity index (χ0v) is 16.6. The van der Waals surface area contributed by atoms with Gasteiger partial charge in [-0.25, -0.2) is 4.68 Å². The van der Waals surface area contributed by atoms with Gasteiger partial charge in [0.1, 0.15) is 5.82 Å². The molecule has 9 heteroatoms. The second-order valence-corrected chi connectivity index (χ2v) is 7.69. The molecule has 2 amide bonds. The summed E-state index contributed by atoms with van der Waals surface area (Å²) in [6.45, 7) is 0.338. The van der Waals surface area contributed by atoms with E-state index in [2.05, 4.69) is 10.4 Å². The van der Waals surface area contributed by atoms with Crippen LogP contribution in [0.15, 0.2) is 41.9 Å². The van der Waals surface area contributed by atoms with E-state index in [1.165, 1.54) is 7.11 Å². The Kier molecular flexibility index (Phi) is 5.22. The van der Waals surface area contributed by atoms with Crippen LogP contribution in [0.2, 0.25) is 0 Å². The van der Waals surface area contributed by atoms with Gasteiger partial charge in [-0.2, -0.15) is 5.10 Å². The molecule has 1 aromatic carbocycles. The van der Waals surface area contributed by atoms with Crippen molar-refractivity contribution >= 4 is 29.0 Å². The first-order valence-corrected chi connectivity index (χ1v) is 9.90. The van der Waals surface area contributed by atoms with E-state index in [9.17, 15) is 9.59 Å². The second-order valence-electron chi connectivity index (χ2n) is 6.66. The van der Waals surface area contributed by atoms with Crippen molar-refractivity contribution in [2.24, 2.45) is 5.73 Å². The van der Waals surface area contributed by atoms with Crippen molar-refractivity contribution in [3.05, 3.63) is 57.9 Å². The molecular weight excluding hydrogens is 392 g/mol. The SMILES string of the molecule is COc1ccc([C@H]2CC(=O)Nc3c2cnn3Cc2cccs2)cc1OCC(N)=O. The molecule has 150 valence electrons. The minimum Gasteiger partial charge on any atom is -0.493 e. The van der Waals surface area contributed by atoms with Gasteiger partial charge >= 0.3 is 0 Å². The summed E-state index contributed by atoms with van der Waals surface area (Å²) in [4.78, 5) is 24.7. The average molecular weight is 412 g/mol. The van der Waals surface area contributed by atoms with E-state index >= 15 is 0 Å². The molecule has 0 saturated carbocycles. The highest BCUT2D eigenvalue weighted by atomic mass is 32.1. The van der Waals surface area contributed by atoms with E-state index in [0.717, 1.165) is 16.0 Å². The van der Waals surface area contributed by atoms with Crippen LogP contribution in [-0.2, 0) is 16.1 Å². The number of hydrogen-bond acceptors (Lipinski definition) is 6. The fraction of sp³-hybridized carbons (Fsp3) is 0.250. The van der Waals surface area contributed by atoms with Gasteiger partial charge in [0.05, 0.1) is 19.9 Å². The molecule has 3 heterocycles. The third-order valence-electron chi connectivity index (χ3n) is 4.74. The van der Waals surface area contributed by atoms with E-state index in [0.29, 0.717) is 30.3 Å². The fourth-order valence-corrected chi connectivity index (χ4v) is 4.09. The Labute approximate surface area is 171 Å². The first kappa shape index (κ1) is 19.0. The number of carbonyl (C=O) groups is 2. The predicted molar refractivity (Wildman–Crippen MR) is 108 cm³/mol. The van der Waals surface area contributed by atoms with Crippen LogP contribution in [0.3, 0.4) is 0 Å². The highest BCUT2D eigenvalue weighted by Gasteiger charge is 2.30. The Morgan fingerprint density at radius 3 is 2.97 bits per heavy atom. The zero-order chi connectivity index (χ0) is 20.4. The highest BCUT2D eigenvalue weighted by Crippen LogP contribution is 2.40. The van der Waals surface area contributed by atoms with E-state index in [1.807, 2.05) is 23.6 Å². The molecule has 8 nitrogen and oxygen atoms in total. The topological polar surface area (TPSA) is 108 Å². The molecule has 2 aromatic heterocycles. The molecule has 0 radical (unpaired) electrons. The number of fused-ring (bicyclic) bond motifs is 1. The lowest BCUT2D eigenvalue weighted by Gasteiger charge is -2.24. The summed E-state index contributed by atoms with van der Waals surface area (Å²) < 4.78 is 12.6. The van der Waals surface area contributed by atoms with Gasteiger partial charge in [-0.05, 0) is 29.1 Å². The third kappa shape index (κ3) is 3.95. The van der Waals surface area contributed by atoms with Crippen LogP contribution in [0, 0.1) is 0 Å². The number of rotatable bonds is 7. The van der Waals surface area contributed by atoms with Crippen LogP contribution in [-0.4, -0.2) is 35.3 Å². The van der Waals surface area contributed by atoms with Crippen molar-refractivity contribution in [3.63, 3.8) is 0 Å². The molecule has 0 unspecified atom stereocenters. The summed E-state index contributed by atoms with van der Waals surface area (Å²) in [5, 5.41) is 9.45. The molecule has 1 aliphatic heterocycles. The maximum atomic E-state index is 12.4. The zero-order valence-electron chi connectivity index (χ0n) is 15.8. The second kappa shape index (κ2) is 7.96. The maximum absolute atomic E-state index is 12.4. The van der Waals surface area contributed by atoms with Crippen molar-refractivity contribution < 1.29 is 19.1 Å². The molecule has 3 N–H and O–H groups in total. The number of benzene rings is 1. The summed E-state index contributed by atoms with van der Waals surface area (Å²) in [6.07, 6.45) is 2.08. The predicted octanol–water partition coefficient (Wildman–Crippen LogP) is 2.34. The first-order chi connectivity index (χ1) is 14.0. The number of thiophene rings is 1. The van der Waals surface area contributed by atoms with Crippen molar-refractivity contribution in [2.45, 2.75) is 18.9 Å². The van der Waals surface area contributed by atoms with Crippen LogP contribution in [0.5, 0.6) is 11.5 Å². The monoisotopic (exact) mass is 412 g/mol. The molecule has 3 aromatic rings. The van der Waals surface area contributed by atoms with Gasteiger partial charge in [0.25, 0.3) is 5.91 Å². The molecule has 0 spiro atoms. The quantitative estimate of drug-likeness (QED) is 0.619. The summed E-state index contributed by atoms with van der Waals surface area (Å²) >= 11 is 1.64. The average Bonchev–Trinajstić information content (AvgIpc) is 3.36. The highest BCUT2D eigenvalue weighted by molar-refractivity contribution is 7.09. The van der Waals surface area contributed by atoms with Gasteiger partial charge in [0.2, 0.25) is 5.91 Å². The van der Waals surface area contributed by atoms with Crippen LogP contribution in [0.25, 0.3) is 0 Å². The number of ether oxygens (including phenoxy) is 2. The van der Waals surface area contributed by atoms with Crippen molar-refractivity contribution in [1.82, 2.24) is 9.78 Å². The molecule has 4 rings (SSSR count). The Morgan fingerprint density at radius 2 is 2.24 bits per heavy atom. The fourth-order valence-electron chi connectivity index (χ4n) is 3.41. The number of nitrogens with zero attached hydrogens (tertiary/aromatic N) is 2. The van der Waals surface area contributed by atoms with Crippen LogP contribution in [0.4, 0.5) is 5.82 Å². The van der Waals surface area contributed by atoms with Gasteiger partial charge < -0.3 is 20.5 Å². The Bertz CT molecular complexity index is 1040. The number of anilines is 1. The molecule has 29 heavy (non-hydrogen) atoms. The number of hydrogen-bond donors (Lipinski definition) is 2. The standard InChI is InChI=1S/C20H20N4O4S/c1-27-16-5-4-12(7-17(16)28-11-18(21)25)14-8-19(26)23-20-15(14)9-22-24(20)10-13-3-2-6-29-13/h2-7,9,14H,8,10-11H2,1H3,(H2,21,25)(H,23,26)/t14-/m1/s1. The van der Waals surface area contributed by atoms with E-state index in [-0.39, 0.29) is 18.4 Å². The molecule has 0 bridgehead atoms. The number of primary amides is 1. The normalized spacial score (nSPS) is 15.5. The minimum atomic E-state index is -0.577. The number of carbonyl (C=O) groups excluding carboxylic acids is 2. The van der Waals surface area contributed by atoms with Crippen molar-refractivity contribution in [3.8, 4) is 11.5 Å². The van der Waals surface area contributed by atoms with Crippen molar-refractivity contribution in [1.29, 1.82) is 0 Å². The number of methoxy groups -OCH3 is 1. The minimum absolute atomic E-state index is 0.0779. The summed E-state index contributed by atoms with van der Waals surface area (Å²) in [5.41, 5.74) is 6.99. The summed E-state index contributed by atoms with van der Waals surface area (Å²) in [5.74, 6) is 0.761. The smallest absolute Gasteiger partial charge is 0.255 e.